The van der Waals surface area contributed by atoms with Crippen molar-refractivity contribution in [1.29, 1.82) is 0 Å². The van der Waals surface area contributed by atoms with Gasteiger partial charge in [0.25, 0.3) is 5.91 Å². The maximum Gasteiger partial charge on any atom is 0.262 e. The molecule has 2 atom stereocenters. The predicted octanol–water partition coefficient (Wildman–Crippen LogP) is 3.99. The number of halogens is 2. The Balaban J connectivity index is 1.61. The third-order valence-corrected chi connectivity index (χ3v) is 5.72. The van der Waals surface area contributed by atoms with Crippen molar-refractivity contribution < 1.29 is 14.3 Å². The number of carbonyl (C=O) groups is 2. The summed E-state index contributed by atoms with van der Waals surface area (Å²) >= 11 is 13.4. The van der Waals surface area contributed by atoms with Crippen molar-refractivity contribution in [1.82, 2.24) is 5.32 Å². The van der Waals surface area contributed by atoms with Gasteiger partial charge in [-0.15, -0.1) is 11.3 Å². The van der Waals surface area contributed by atoms with Crippen LogP contribution in [0.2, 0.25) is 9.36 Å². The molecule has 1 aromatic carbocycles. The Kier molecular flexibility index (Phi) is 6.26. The largest absolute Gasteiger partial charge is 0.359 e. The van der Waals surface area contributed by atoms with E-state index in [2.05, 4.69) is 22.5 Å². The number of carbonyl (C=O) groups excluding carboxylic acids is 2. The van der Waals surface area contributed by atoms with Crippen LogP contribution >= 0.6 is 34.5 Å². The first-order valence-electron chi connectivity index (χ1n) is 8.36. The SMILES string of the molecule is CC(NC(=O)c1ccc(Cl)s1)C(=O)Nc1ccc(N2COCC2C)c(Cl)c1. The van der Waals surface area contributed by atoms with Crippen LogP contribution in [0.25, 0.3) is 0 Å². The third-order valence-electron chi connectivity index (χ3n) is 4.18. The Morgan fingerprint density at radius 1 is 1.30 bits per heavy atom. The van der Waals surface area contributed by atoms with Gasteiger partial charge in [-0.3, -0.25) is 9.59 Å². The second-order valence-electron chi connectivity index (χ2n) is 6.27. The Morgan fingerprint density at radius 2 is 2.07 bits per heavy atom. The number of nitrogens with one attached hydrogen (secondary N) is 2. The Labute approximate surface area is 171 Å². The Bertz CT molecular complexity index is 858. The normalized spacial score (nSPS) is 17.6. The van der Waals surface area contributed by atoms with Crippen molar-refractivity contribution >= 4 is 57.7 Å². The lowest BCUT2D eigenvalue weighted by Crippen LogP contribution is -2.41. The average molecular weight is 428 g/mol. The van der Waals surface area contributed by atoms with Crippen LogP contribution in [0.3, 0.4) is 0 Å². The molecule has 1 fully saturated rings. The first-order chi connectivity index (χ1) is 12.8. The van der Waals surface area contributed by atoms with Crippen LogP contribution in [0, 0.1) is 0 Å². The van der Waals surface area contributed by atoms with Gasteiger partial charge in [-0.2, -0.15) is 0 Å². The van der Waals surface area contributed by atoms with E-state index in [0.717, 1.165) is 17.0 Å². The maximum absolute atomic E-state index is 12.4. The summed E-state index contributed by atoms with van der Waals surface area (Å²) in [6, 6.07) is 8.09. The summed E-state index contributed by atoms with van der Waals surface area (Å²) in [5, 5.41) is 5.94. The molecule has 0 radical (unpaired) electrons. The number of thiophene rings is 1. The highest BCUT2D eigenvalue weighted by atomic mass is 35.5. The van der Waals surface area contributed by atoms with Crippen LogP contribution in [-0.4, -0.2) is 37.2 Å². The third kappa shape index (κ3) is 4.73. The maximum atomic E-state index is 12.4. The molecule has 1 saturated heterocycles. The molecule has 2 heterocycles. The molecule has 2 aromatic rings. The van der Waals surface area contributed by atoms with Gasteiger partial charge >= 0.3 is 0 Å². The summed E-state index contributed by atoms with van der Waals surface area (Å²) in [5.74, 6) is -0.682. The lowest BCUT2D eigenvalue weighted by atomic mass is 10.2. The number of benzene rings is 1. The molecule has 1 aliphatic rings. The van der Waals surface area contributed by atoms with Crippen molar-refractivity contribution in [2.45, 2.75) is 25.9 Å². The Hall–Kier alpha value is -1.80. The second kappa shape index (κ2) is 8.48. The number of ether oxygens (including phenoxy) is 1. The van der Waals surface area contributed by atoms with Crippen molar-refractivity contribution in [3.63, 3.8) is 0 Å². The molecule has 3 rings (SSSR count). The second-order valence-corrected chi connectivity index (χ2v) is 8.40. The molecular formula is C18H19Cl2N3O3S. The molecule has 0 saturated carbocycles. The predicted molar refractivity (Wildman–Crippen MR) is 109 cm³/mol. The summed E-state index contributed by atoms with van der Waals surface area (Å²) in [6.07, 6.45) is 0. The van der Waals surface area contributed by atoms with Gasteiger partial charge in [-0.1, -0.05) is 23.2 Å². The lowest BCUT2D eigenvalue weighted by molar-refractivity contribution is -0.117. The van der Waals surface area contributed by atoms with E-state index >= 15 is 0 Å². The fourth-order valence-electron chi connectivity index (χ4n) is 2.68. The molecule has 0 bridgehead atoms. The molecule has 2 N–H and O–H groups in total. The zero-order chi connectivity index (χ0) is 19.6. The molecule has 9 heteroatoms. The number of rotatable bonds is 5. The van der Waals surface area contributed by atoms with E-state index in [1.54, 1.807) is 31.2 Å². The van der Waals surface area contributed by atoms with Crippen LogP contribution in [-0.2, 0) is 9.53 Å². The van der Waals surface area contributed by atoms with Gasteiger partial charge in [-0.25, -0.2) is 0 Å². The monoisotopic (exact) mass is 427 g/mol. The smallest absolute Gasteiger partial charge is 0.262 e. The van der Waals surface area contributed by atoms with Crippen LogP contribution in [0.5, 0.6) is 0 Å². The van der Waals surface area contributed by atoms with Crippen LogP contribution in [0.15, 0.2) is 30.3 Å². The summed E-state index contributed by atoms with van der Waals surface area (Å²) in [7, 11) is 0. The van der Waals surface area contributed by atoms with Gasteiger partial charge in [0.1, 0.15) is 12.8 Å². The zero-order valence-corrected chi connectivity index (χ0v) is 17.1. The van der Waals surface area contributed by atoms with Gasteiger partial charge in [-0.05, 0) is 44.2 Å². The van der Waals surface area contributed by atoms with Gasteiger partial charge in [0, 0.05) is 5.69 Å². The summed E-state index contributed by atoms with van der Waals surface area (Å²) in [4.78, 5) is 27.0. The minimum absolute atomic E-state index is 0.240. The molecule has 2 amide bonds. The van der Waals surface area contributed by atoms with Gasteiger partial charge in [0.2, 0.25) is 5.91 Å². The van der Waals surface area contributed by atoms with E-state index < -0.39 is 6.04 Å². The van der Waals surface area contributed by atoms with E-state index in [4.69, 9.17) is 27.9 Å². The lowest BCUT2D eigenvalue weighted by Gasteiger charge is -2.23. The minimum atomic E-state index is -0.719. The standard InChI is InChI=1S/C18H19Cl2N3O3S/c1-10-8-26-9-23(10)14-4-3-12(7-13(14)19)22-17(24)11(2)21-18(25)15-5-6-16(20)27-15/h3-7,10-11H,8-9H2,1-2H3,(H,21,25)(H,22,24). The topological polar surface area (TPSA) is 70.7 Å². The molecule has 144 valence electrons. The fraction of sp³-hybridized carbons (Fsp3) is 0.333. The molecule has 0 aliphatic carbocycles. The highest BCUT2D eigenvalue weighted by molar-refractivity contribution is 7.18. The molecule has 27 heavy (non-hydrogen) atoms. The van der Waals surface area contributed by atoms with Gasteiger partial charge in [0.05, 0.1) is 32.6 Å². The molecule has 1 aliphatic heterocycles. The van der Waals surface area contributed by atoms with Crippen molar-refractivity contribution in [2.75, 3.05) is 23.6 Å². The van der Waals surface area contributed by atoms with Crippen LogP contribution < -0.4 is 15.5 Å². The Morgan fingerprint density at radius 3 is 2.67 bits per heavy atom. The minimum Gasteiger partial charge on any atom is -0.359 e. The fourth-order valence-corrected chi connectivity index (χ4v) is 3.92. The number of hydrogen-bond acceptors (Lipinski definition) is 5. The molecule has 0 spiro atoms. The van der Waals surface area contributed by atoms with Gasteiger partial charge < -0.3 is 20.3 Å². The first-order valence-corrected chi connectivity index (χ1v) is 9.93. The van der Waals surface area contributed by atoms with Crippen molar-refractivity contribution in [3.8, 4) is 0 Å². The summed E-state index contributed by atoms with van der Waals surface area (Å²) in [5.41, 5.74) is 1.41. The quantitative estimate of drug-likeness (QED) is 0.756. The number of hydrogen-bond donors (Lipinski definition) is 2. The van der Waals surface area contributed by atoms with Crippen LogP contribution in [0.4, 0.5) is 11.4 Å². The van der Waals surface area contributed by atoms with E-state index in [1.165, 1.54) is 0 Å². The van der Waals surface area contributed by atoms with Gasteiger partial charge in [0.15, 0.2) is 0 Å². The zero-order valence-electron chi connectivity index (χ0n) is 14.8. The highest BCUT2D eigenvalue weighted by Crippen LogP contribution is 2.32. The van der Waals surface area contributed by atoms with E-state index in [9.17, 15) is 9.59 Å². The number of amides is 2. The van der Waals surface area contributed by atoms with E-state index in [-0.39, 0.29) is 17.9 Å². The molecule has 2 unspecified atom stereocenters. The number of nitrogens with zero attached hydrogens (tertiary/aromatic N) is 1. The van der Waals surface area contributed by atoms with Crippen molar-refractivity contribution in [3.05, 3.63) is 44.6 Å². The molecular weight excluding hydrogens is 409 g/mol. The number of anilines is 2. The van der Waals surface area contributed by atoms with E-state index in [0.29, 0.717) is 33.3 Å². The highest BCUT2D eigenvalue weighted by Gasteiger charge is 2.23. The molecule has 1 aromatic heterocycles. The summed E-state index contributed by atoms with van der Waals surface area (Å²) in [6.45, 7) is 4.82. The first kappa shape index (κ1) is 19.9. The molecule has 6 nitrogen and oxygen atoms in total. The van der Waals surface area contributed by atoms with E-state index in [1.807, 2.05) is 6.07 Å². The van der Waals surface area contributed by atoms with Crippen LogP contribution in [0.1, 0.15) is 23.5 Å². The van der Waals surface area contributed by atoms with Crippen molar-refractivity contribution in [2.24, 2.45) is 0 Å². The average Bonchev–Trinajstić information content (AvgIpc) is 3.23. The summed E-state index contributed by atoms with van der Waals surface area (Å²) < 4.78 is 5.95.